The van der Waals surface area contributed by atoms with Crippen LogP contribution in [0.15, 0.2) is 42.0 Å². The van der Waals surface area contributed by atoms with Gasteiger partial charge in [-0.3, -0.25) is 0 Å². The lowest BCUT2D eigenvalue weighted by molar-refractivity contribution is -0.151. The first kappa shape index (κ1) is 16.9. The number of allylic oxidation sites excluding steroid dienone is 1. The van der Waals surface area contributed by atoms with Crippen molar-refractivity contribution in [3.05, 3.63) is 47.5 Å². The third-order valence-electron chi connectivity index (χ3n) is 3.31. The number of methoxy groups -OCH3 is 1. The summed E-state index contributed by atoms with van der Waals surface area (Å²) in [6.45, 7) is -0.0876. The highest BCUT2D eigenvalue weighted by Crippen LogP contribution is 2.26. The van der Waals surface area contributed by atoms with Crippen LogP contribution in [0.4, 0.5) is 0 Å². The molecule has 0 aromatic heterocycles. The van der Waals surface area contributed by atoms with Gasteiger partial charge in [-0.1, -0.05) is 54.0 Å². The summed E-state index contributed by atoms with van der Waals surface area (Å²) in [5.41, 5.74) is 1.58. The number of carbonyl (C=O) groups is 1. The normalized spacial score (nSPS) is 17.3. The maximum absolute atomic E-state index is 11.9. The van der Waals surface area contributed by atoms with Gasteiger partial charge in [-0.15, -0.1) is 0 Å². The molecule has 0 radical (unpaired) electrons. The van der Waals surface area contributed by atoms with Crippen molar-refractivity contribution in [2.45, 2.75) is 31.8 Å². The van der Waals surface area contributed by atoms with Gasteiger partial charge in [0, 0.05) is 26.0 Å². The number of benzene rings is 1. The highest BCUT2D eigenvalue weighted by atomic mass is 16.6. The van der Waals surface area contributed by atoms with Crippen LogP contribution >= 0.6 is 0 Å². The molecule has 0 N–H and O–H groups in total. The number of ether oxygens (including phenoxy) is 2. The predicted molar refractivity (Wildman–Crippen MR) is 89.3 cm³/mol. The molecule has 1 aromatic carbocycles. The molecule has 0 fully saturated rings. The Labute approximate surface area is 137 Å². The third-order valence-corrected chi connectivity index (χ3v) is 3.31. The lowest BCUT2D eigenvalue weighted by Gasteiger charge is -2.18. The van der Waals surface area contributed by atoms with Gasteiger partial charge in [-0.2, -0.15) is 0 Å². The van der Waals surface area contributed by atoms with Crippen molar-refractivity contribution in [3.8, 4) is 23.7 Å². The minimum Gasteiger partial charge on any atom is -0.450 e. The average molecular weight is 308 g/mol. The maximum atomic E-state index is 11.9. The van der Waals surface area contributed by atoms with Gasteiger partial charge in [0.15, 0.2) is 6.10 Å². The molecule has 3 heteroatoms. The summed E-state index contributed by atoms with van der Waals surface area (Å²) in [7, 11) is 1.47. The Bertz CT molecular complexity index is 666. The summed E-state index contributed by atoms with van der Waals surface area (Å²) in [6.07, 6.45) is 5.00. The zero-order valence-corrected chi connectivity index (χ0v) is 13.3. The molecule has 1 unspecified atom stereocenters. The molecule has 0 aliphatic heterocycles. The van der Waals surface area contributed by atoms with Gasteiger partial charge in [0.2, 0.25) is 0 Å². The van der Waals surface area contributed by atoms with Crippen LogP contribution in [-0.4, -0.2) is 19.7 Å². The van der Waals surface area contributed by atoms with Gasteiger partial charge in [0.1, 0.15) is 6.61 Å². The van der Waals surface area contributed by atoms with Crippen molar-refractivity contribution in [1.82, 2.24) is 0 Å². The predicted octanol–water partition coefficient (Wildman–Crippen LogP) is 3.42. The maximum Gasteiger partial charge on any atom is 0.333 e. The molecule has 0 bridgehead atoms. The number of esters is 1. The van der Waals surface area contributed by atoms with E-state index in [2.05, 4.69) is 23.7 Å². The monoisotopic (exact) mass is 308 g/mol. The summed E-state index contributed by atoms with van der Waals surface area (Å²) >= 11 is 0. The van der Waals surface area contributed by atoms with E-state index in [1.54, 1.807) is 6.08 Å². The minimum absolute atomic E-state index is 0.0876. The molecule has 3 nitrogen and oxygen atoms in total. The molecule has 1 atom stereocenters. The number of hydrogen-bond donors (Lipinski definition) is 0. The molecular formula is C20H20O3. The van der Waals surface area contributed by atoms with E-state index in [1.165, 1.54) is 7.11 Å². The Morgan fingerprint density at radius 1 is 1.17 bits per heavy atom. The standard InChI is InChI=1S/C20H20O3/c1-22-16-19(21)23-20(18-14-10-7-11-15-18)17-12-8-5-3-2-4-6-9-13-17/h7,10-11,13-15,20H,2-5,16H2,1H3/b17-13+. The van der Waals surface area contributed by atoms with Crippen LogP contribution in [0.2, 0.25) is 0 Å². The van der Waals surface area contributed by atoms with Crippen molar-refractivity contribution < 1.29 is 14.3 Å². The van der Waals surface area contributed by atoms with Gasteiger partial charge >= 0.3 is 5.97 Å². The second-order valence-corrected chi connectivity index (χ2v) is 5.14. The van der Waals surface area contributed by atoms with E-state index in [9.17, 15) is 4.79 Å². The highest BCUT2D eigenvalue weighted by molar-refractivity contribution is 5.71. The van der Waals surface area contributed by atoms with Crippen molar-refractivity contribution in [2.24, 2.45) is 0 Å². The molecule has 2 rings (SSSR count). The molecule has 0 amide bonds. The first-order valence-electron chi connectivity index (χ1n) is 7.72. The van der Waals surface area contributed by atoms with E-state index >= 15 is 0 Å². The Morgan fingerprint density at radius 3 is 2.65 bits per heavy atom. The van der Waals surface area contributed by atoms with Crippen LogP contribution in [0.5, 0.6) is 0 Å². The van der Waals surface area contributed by atoms with Crippen LogP contribution in [0.1, 0.15) is 37.4 Å². The Morgan fingerprint density at radius 2 is 1.91 bits per heavy atom. The van der Waals surface area contributed by atoms with Gasteiger partial charge < -0.3 is 9.47 Å². The third kappa shape index (κ3) is 5.66. The lowest BCUT2D eigenvalue weighted by Crippen LogP contribution is -2.17. The van der Waals surface area contributed by atoms with E-state index in [1.807, 2.05) is 30.3 Å². The minimum atomic E-state index is -0.555. The average Bonchev–Trinajstić information content (AvgIpc) is 2.59. The molecule has 0 heterocycles. The second kappa shape index (κ2) is 9.51. The molecule has 0 saturated heterocycles. The Kier molecular flexibility index (Phi) is 6.98. The first-order chi connectivity index (χ1) is 11.3. The van der Waals surface area contributed by atoms with E-state index in [4.69, 9.17) is 9.47 Å². The Hall–Kier alpha value is -2.49. The van der Waals surface area contributed by atoms with Gasteiger partial charge in [-0.05, 0) is 18.4 Å². The largest absolute Gasteiger partial charge is 0.450 e. The topological polar surface area (TPSA) is 35.5 Å². The summed E-state index contributed by atoms with van der Waals surface area (Å²) in [5.74, 6) is 12.0. The highest BCUT2D eigenvalue weighted by Gasteiger charge is 2.20. The van der Waals surface area contributed by atoms with Gasteiger partial charge in [0.05, 0.1) is 5.57 Å². The quantitative estimate of drug-likeness (QED) is 0.617. The molecule has 23 heavy (non-hydrogen) atoms. The van der Waals surface area contributed by atoms with Crippen LogP contribution in [0.3, 0.4) is 0 Å². The van der Waals surface area contributed by atoms with Crippen LogP contribution in [-0.2, 0) is 14.3 Å². The smallest absolute Gasteiger partial charge is 0.333 e. The first-order valence-corrected chi connectivity index (χ1v) is 7.72. The van der Waals surface area contributed by atoms with Crippen LogP contribution < -0.4 is 0 Å². The van der Waals surface area contributed by atoms with Crippen molar-refractivity contribution in [1.29, 1.82) is 0 Å². The molecular weight excluding hydrogens is 288 g/mol. The number of hydrogen-bond acceptors (Lipinski definition) is 3. The van der Waals surface area contributed by atoms with Crippen molar-refractivity contribution >= 4 is 5.97 Å². The van der Waals surface area contributed by atoms with Gasteiger partial charge in [-0.25, -0.2) is 4.79 Å². The van der Waals surface area contributed by atoms with Crippen LogP contribution in [0.25, 0.3) is 0 Å². The summed E-state index contributed by atoms with van der Waals surface area (Å²) in [6, 6.07) is 9.57. The van der Waals surface area contributed by atoms with E-state index in [-0.39, 0.29) is 6.61 Å². The lowest BCUT2D eigenvalue weighted by atomic mass is 10.0. The zero-order valence-electron chi connectivity index (χ0n) is 13.3. The summed E-state index contributed by atoms with van der Waals surface area (Å²) in [4.78, 5) is 11.9. The molecule has 1 aromatic rings. The SMILES string of the molecule is COCC(=O)OC(/C1=C/C#CCCCCC#C1)c1ccccc1. The van der Waals surface area contributed by atoms with E-state index in [0.717, 1.165) is 31.2 Å². The van der Waals surface area contributed by atoms with Crippen molar-refractivity contribution in [3.63, 3.8) is 0 Å². The molecule has 0 saturated carbocycles. The fourth-order valence-corrected chi connectivity index (χ4v) is 2.19. The van der Waals surface area contributed by atoms with E-state index in [0.29, 0.717) is 5.57 Å². The molecule has 1 aliphatic rings. The molecule has 0 spiro atoms. The molecule has 1 aliphatic carbocycles. The summed E-state index contributed by atoms with van der Waals surface area (Å²) in [5, 5.41) is 0. The second-order valence-electron chi connectivity index (χ2n) is 5.14. The fourth-order valence-electron chi connectivity index (χ4n) is 2.19. The van der Waals surface area contributed by atoms with Crippen LogP contribution in [0, 0.1) is 23.7 Å². The molecule has 118 valence electrons. The van der Waals surface area contributed by atoms with Gasteiger partial charge in [0.25, 0.3) is 0 Å². The van der Waals surface area contributed by atoms with Crippen molar-refractivity contribution in [2.75, 3.05) is 13.7 Å². The zero-order chi connectivity index (χ0) is 16.3. The van der Waals surface area contributed by atoms with E-state index < -0.39 is 12.1 Å². The summed E-state index contributed by atoms with van der Waals surface area (Å²) < 4.78 is 10.4. The fraction of sp³-hybridized carbons (Fsp3) is 0.350. The Balaban J connectivity index is 2.33. The number of rotatable bonds is 5. The number of carbonyl (C=O) groups excluding carboxylic acids is 1.